The molecule has 2 N–H and O–H groups in total. The molecule has 1 heterocycles. The lowest BCUT2D eigenvalue weighted by atomic mass is 10.0. The summed E-state index contributed by atoms with van der Waals surface area (Å²) in [6, 6.07) is 9.45. The van der Waals surface area contributed by atoms with Crippen LogP contribution in [0.1, 0.15) is 37.8 Å². The van der Waals surface area contributed by atoms with Crippen LogP contribution in [0.2, 0.25) is 0 Å². The maximum atomic E-state index is 12.6. The predicted octanol–water partition coefficient (Wildman–Crippen LogP) is 1.86. The summed E-state index contributed by atoms with van der Waals surface area (Å²) in [5.74, 6) is 0. The Bertz CT molecular complexity index is 619. The minimum Gasteiger partial charge on any atom is -0.331 e. The molecular formula is C16H25N3O3S. The SMILES string of the molecule is CC(NC(=O)N1CCCCC1CNS(C)(=O)=O)c1ccccc1. The summed E-state index contributed by atoms with van der Waals surface area (Å²) in [6.45, 7) is 2.87. The molecule has 7 heteroatoms. The van der Waals surface area contributed by atoms with Crippen LogP contribution in [0.5, 0.6) is 0 Å². The molecule has 6 nitrogen and oxygen atoms in total. The number of hydrogen-bond donors (Lipinski definition) is 2. The second-order valence-electron chi connectivity index (χ2n) is 6.05. The Balaban J connectivity index is 1.97. The molecule has 2 atom stereocenters. The van der Waals surface area contributed by atoms with E-state index in [2.05, 4.69) is 10.0 Å². The molecule has 23 heavy (non-hydrogen) atoms. The molecule has 1 fully saturated rings. The first-order valence-corrected chi connectivity index (χ1v) is 9.82. The molecule has 0 radical (unpaired) electrons. The first-order valence-electron chi connectivity index (χ1n) is 7.93. The highest BCUT2D eigenvalue weighted by atomic mass is 32.2. The normalized spacial score (nSPS) is 20.1. The van der Waals surface area contributed by atoms with Crippen molar-refractivity contribution in [2.75, 3.05) is 19.3 Å². The average molecular weight is 339 g/mol. The van der Waals surface area contributed by atoms with Crippen molar-refractivity contribution in [3.63, 3.8) is 0 Å². The largest absolute Gasteiger partial charge is 0.331 e. The molecule has 1 aromatic rings. The molecule has 0 saturated carbocycles. The van der Waals surface area contributed by atoms with Gasteiger partial charge in [0.1, 0.15) is 0 Å². The Morgan fingerprint density at radius 2 is 2.00 bits per heavy atom. The number of benzene rings is 1. The summed E-state index contributed by atoms with van der Waals surface area (Å²) in [6.07, 6.45) is 3.91. The summed E-state index contributed by atoms with van der Waals surface area (Å²) in [5, 5.41) is 3.00. The molecule has 0 spiro atoms. The monoisotopic (exact) mass is 339 g/mol. The summed E-state index contributed by atoms with van der Waals surface area (Å²) in [7, 11) is -3.25. The number of sulfonamides is 1. The van der Waals surface area contributed by atoms with E-state index >= 15 is 0 Å². The lowest BCUT2D eigenvalue weighted by Crippen LogP contribution is -2.53. The minimum absolute atomic E-state index is 0.0888. The second-order valence-corrected chi connectivity index (χ2v) is 7.88. The van der Waals surface area contributed by atoms with Crippen molar-refractivity contribution >= 4 is 16.1 Å². The summed E-state index contributed by atoms with van der Waals surface area (Å²) >= 11 is 0. The van der Waals surface area contributed by atoms with Crippen LogP contribution in [0.4, 0.5) is 4.79 Å². The van der Waals surface area contributed by atoms with Crippen LogP contribution < -0.4 is 10.0 Å². The van der Waals surface area contributed by atoms with Crippen molar-refractivity contribution in [2.24, 2.45) is 0 Å². The molecule has 1 saturated heterocycles. The van der Waals surface area contributed by atoms with E-state index in [1.807, 2.05) is 37.3 Å². The highest BCUT2D eigenvalue weighted by Gasteiger charge is 2.28. The molecule has 1 aliphatic heterocycles. The van der Waals surface area contributed by atoms with Crippen LogP contribution in [-0.4, -0.2) is 44.7 Å². The van der Waals surface area contributed by atoms with Crippen molar-refractivity contribution < 1.29 is 13.2 Å². The van der Waals surface area contributed by atoms with E-state index in [9.17, 15) is 13.2 Å². The fraction of sp³-hybridized carbons (Fsp3) is 0.562. The number of rotatable bonds is 5. The third kappa shape index (κ3) is 5.51. The standard InChI is InChI=1S/C16H25N3O3S/c1-13(14-8-4-3-5-9-14)18-16(20)19-11-7-6-10-15(19)12-17-23(2,21)22/h3-5,8-9,13,15,17H,6-7,10-12H2,1-2H3,(H,18,20). The zero-order chi connectivity index (χ0) is 16.9. The third-order valence-corrected chi connectivity index (χ3v) is 4.80. The molecule has 1 aliphatic rings. The second kappa shape index (κ2) is 7.79. The smallest absolute Gasteiger partial charge is 0.318 e. The lowest BCUT2D eigenvalue weighted by molar-refractivity contribution is 0.149. The Labute approximate surface area is 138 Å². The van der Waals surface area contributed by atoms with Gasteiger partial charge < -0.3 is 10.2 Å². The van der Waals surface area contributed by atoms with Crippen molar-refractivity contribution in [3.8, 4) is 0 Å². The van der Waals surface area contributed by atoms with E-state index in [0.29, 0.717) is 6.54 Å². The highest BCUT2D eigenvalue weighted by Crippen LogP contribution is 2.18. The van der Waals surface area contributed by atoms with Crippen LogP contribution >= 0.6 is 0 Å². The van der Waals surface area contributed by atoms with Gasteiger partial charge in [-0.3, -0.25) is 0 Å². The molecule has 0 aromatic heterocycles. The van der Waals surface area contributed by atoms with Gasteiger partial charge in [-0.1, -0.05) is 30.3 Å². The Hall–Kier alpha value is -1.60. The van der Waals surface area contributed by atoms with E-state index in [-0.39, 0.29) is 24.7 Å². The van der Waals surface area contributed by atoms with Gasteiger partial charge in [0.05, 0.1) is 12.3 Å². The molecule has 2 rings (SSSR count). The van der Waals surface area contributed by atoms with Gasteiger partial charge in [0, 0.05) is 19.1 Å². The zero-order valence-corrected chi connectivity index (χ0v) is 14.5. The van der Waals surface area contributed by atoms with Crippen molar-refractivity contribution in [2.45, 2.75) is 38.3 Å². The van der Waals surface area contributed by atoms with Crippen LogP contribution in [0.15, 0.2) is 30.3 Å². The molecule has 2 amide bonds. The molecular weight excluding hydrogens is 314 g/mol. The van der Waals surface area contributed by atoms with Crippen LogP contribution in [0.25, 0.3) is 0 Å². The van der Waals surface area contributed by atoms with Crippen LogP contribution in [0.3, 0.4) is 0 Å². The zero-order valence-electron chi connectivity index (χ0n) is 13.7. The van der Waals surface area contributed by atoms with E-state index in [0.717, 1.165) is 31.1 Å². The van der Waals surface area contributed by atoms with Gasteiger partial charge in [0.2, 0.25) is 10.0 Å². The molecule has 2 unspecified atom stereocenters. The number of nitrogens with zero attached hydrogens (tertiary/aromatic N) is 1. The van der Waals surface area contributed by atoms with Crippen LogP contribution in [-0.2, 0) is 10.0 Å². The van der Waals surface area contributed by atoms with Gasteiger partial charge in [-0.15, -0.1) is 0 Å². The maximum Gasteiger partial charge on any atom is 0.318 e. The Kier molecular flexibility index (Phi) is 6.01. The topological polar surface area (TPSA) is 78.5 Å². The molecule has 0 bridgehead atoms. The third-order valence-electron chi connectivity index (χ3n) is 4.11. The maximum absolute atomic E-state index is 12.6. The van der Waals surface area contributed by atoms with E-state index in [1.165, 1.54) is 0 Å². The lowest BCUT2D eigenvalue weighted by Gasteiger charge is -2.36. The number of carbonyl (C=O) groups is 1. The molecule has 0 aliphatic carbocycles. The minimum atomic E-state index is -3.25. The van der Waals surface area contributed by atoms with E-state index in [4.69, 9.17) is 0 Å². The summed E-state index contributed by atoms with van der Waals surface area (Å²) < 4.78 is 25.1. The van der Waals surface area contributed by atoms with Crippen molar-refractivity contribution in [1.82, 2.24) is 14.9 Å². The van der Waals surface area contributed by atoms with Gasteiger partial charge in [-0.05, 0) is 31.7 Å². The number of nitrogens with one attached hydrogen (secondary N) is 2. The molecule has 1 aromatic carbocycles. The highest BCUT2D eigenvalue weighted by molar-refractivity contribution is 7.88. The number of likely N-dealkylation sites (tertiary alicyclic amines) is 1. The van der Waals surface area contributed by atoms with Crippen molar-refractivity contribution in [3.05, 3.63) is 35.9 Å². The summed E-state index contributed by atoms with van der Waals surface area (Å²) in [4.78, 5) is 14.3. The van der Waals surface area contributed by atoms with Gasteiger partial charge in [0.25, 0.3) is 0 Å². The van der Waals surface area contributed by atoms with Gasteiger partial charge in [-0.25, -0.2) is 17.9 Å². The van der Waals surface area contributed by atoms with Crippen LogP contribution in [0, 0.1) is 0 Å². The number of piperidine rings is 1. The van der Waals surface area contributed by atoms with Gasteiger partial charge in [0.15, 0.2) is 0 Å². The quantitative estimate of drug-likeness (QED) is 0.859. The number of urea groups is 1. The Morgan fingerprint density at radius 1 is 1.30 bits per heavy atom. The first-order chi connectivity index (χ1) is 10.9. The predicted molar refractivity (Wildman–Crippen MR) is 90.6 cm³/mol. The fourth-order valence-electron chi connectivity index (χ4n) is 2.82. The van der Waals surface area contributed by atoms with Gasteiger partial charge >= 0.3 is 6.03 Å². The summed E-state index contributed by atoms with van der Waals surface area (Å²) in [5.41, 5.74) is 1.05. The number of carbonyl (C=O) groups excluding carboxylic acids is 1. The van der Waals surface area contributed by atoms with Crippen molar-refractivity contribution in [1.29, 1.82) is 0 Å². The van der Waals surface area contributed by atoms with Gasteiger partial charge in [-0.2, -0.15) is 0 Å². The van der Waals surface area contributed by atoms with E-state index < -0.39 is 10.0 Å². The molecule has 128 valence electrons. The average Bonchev–Trinajstić information content (AvgIpc) is 2.53. The first kappa shape index (κ1) is 17.7. The number of amides is 2. The van der Waals surface area contributed by atoms with E-state index in [1.54, 1.807) is 4.90 Å². The fourth-order valence-corrected chi connectivity index (χ4v) is 3.32. The Morgan fingerprint density at radius 3 is 2.65 bits per heavy atom. The number of hydrogen-bond acceptors (Lipinski definition) is 3.